The number of amides is 2. The molecule has 2 unspecified atom stereocenters. The van der Waals surface area contributed by atoms with Crippen molar-refractivity contribution in [2.24, 2.45) is 0 Å². The predicted octanol–water partition coefficient (Wildman–Crippen LogP) is 1.69. The number of rotatable bonds is 4. The molecule has 2 N–H and O–H groups in total. The van der Waals surface area contributed by atoms with Crippen LogP contribution in [0.3, 0.4) is 0 Å². The van der Waals surface area contributed by atoms with Crippen molar-refractivity contribution in [1.29, 1.82) is 0 Å². The number of aliphatic hydroxyl groups excluding tert-OH is 1. The van der Waals surface area contributed by atoms with Crippen LogP contribution in [0.2, 0.25) is 0 Å². The van der Waals surface area contributed by atoms with Gasteiger partial charge in [-0.15, -0.1) is 0 Å². The monoisotopic (exact) mass is 344 g/mol. The summed E-state index contributed by atoms with van der Waals surface area (Å²) in [5.74, 6) is -0.998. The van der Waals surface area contributed by atoms with Gasteiger partial charge < -0.3 is 15.3 Å². The van der Waals surface area contributed by atoms with Crippen molar-refractivity contribution in [1.82, 2.24) is 10.2 Å². The number of carbonyl (C=O) groups excluding carboxylic acids is 2. The van der Waals surface area contributed by atoms with Crippen LogP contribution < -0.4 is 5.32 Å². The van der Waals surface area contributed by atoms with Gasteiger partial charge in [0.15, 0.2) is 0 Å². The Morgan fingerprint density at radius 2 is 2.17 bits per heavy atom. The fraction of sp³-hybridized carbons (Fsp3) is 0.500. The summed E-state index contributed by atoms with van der Waals surface area (Å²) in [4.78, 5) is 25.3. The number of alkyl halides is 3. The Morgan fingerprint density at radius 1 is 1.46 bits per heavy atom. The molecule has 2 rings (SSSR count). The van der Waals surface area contributed by atoms with Gasteiger partial charge in [-0.3, -0.25) is 9.59 Å². The van der Waals surface area contributed by atoms with Crippen molar-refractivity contribution in [2.75, 3.05) is 6.54 Å². The second-order valence-corrected chi connectivity index (χ2v) is 5.84. The van der Waals surface area contributed by atoms with Gasteiger partial charge >= 0.3 is 6.18 Å². The number of hydrogen-bond donors (Lipinski definition) is 2. The molecule has 0 spiro atoms. The van der Waals surface area contributed by atoms with Crippen molar-refractivity contribution >= 4 is 11.8 Å². The van der Waals surface area contributed by atoms with E-state index in [0.29, 0.717) is 24.9 Å². The molecule has 2 amide bonds. The summed E-state index contributed by atoms with van der Waals surface area (Å²) < 4.78 is 38.3. The molecule has 1 aliphatic heterocycles. The van der Waals surface area contributed by atoms with E-state index in [0.717, 1.165) is 12.1 Å². The molecular weight excluding hydrogens is 325 g/mol. The molecule has 1 saturated heterocycles. The summed E-state index contributed by atoms with van der Waals surface area (Å²) in [6.45, 7) is 1.75. The molecule has 2 atom stereocenters. The minimum absolute atomic E-state index is 0.0454. The van der Waals surface area contributed by atoms with Gasteiger partial charge in [-0.25, -0.2) is 0 Å². The predicted molar refractivity (Wildman–Crippen MR) is 79.7 cm³/mol. The fourth-order valence-corrected chi connectivity index (χ4v) is 2.59. The van der Waals surface area contributed by atoms with E-state index in [4.69, 9.17) is 0 Å². The lowest BCUT2D eigenvalue weighted by molar-refractivity contribution is -0.141. The fourth-order valence-electron chi connectivity index (χ4n) is 2.59. The number of piperidine rings is 1. The number of nitrogens with one attached hydrogen (secondary N) is 1. The smallest absolute Gasteiger partial charge is 0.384 e. The number of halogens is 3. The molecule has 0 radical (unpaired) electrons. The molecule has 24 heavy (non-hydrogen) atoms. The van der Waals surface area contributed by atoms with Crippen LogP contribution in [-0.4, -0.2) is 40.5 Å². The average molecular weight is 344 g/mol. The second-order valence-electron chi connectivity index (χ2n) is 5.84. The maximum absolute atomic E-state index is 12.8. The van der Waals surface area contributed by atoms with E-state index in [1.807, 2.05) is 0 Å². The molecular formula is C16H19F3N2O3. The second kappa shape index (κ2) is 7.21. The highest BCUT2D eigenvalue weighted by Crippen LogP contribution is 2.30. The summed E-state index contributed by atoms with van der Waals surface area (Å²) >= 11 is 0. The number of likely N-dealkylation sites (tertiary alicyclic amines) is 1. The maximum atomic E-state index is 12.8. The molecule has 0 saturated carbocycles. The number of nitrogens with zero attached hydrogens (tertiary/aromatic N) is 1. The number of benzene rings is 1. The number of carbonyl (C=O) groups is 2. The third-order valence-electron chi connectivity index (χ3n) is 3.85. The molecule has 1 aliphatic rings. The first-order valence-electron chi connectivity index (χ1n) is 7.62. The van der Waals surface area contributed by atoms with Gasteiger partial charge in [0, 0.05) is 13.1 Å². The summed E-state index contributed by atoms with van der Waals surface area (Å²) in [5.41, 5.74) is -0.385. The van der Waals surface area contributed by atoms with E-state index in [1.54, 1.807) is 0 Å². The minimum atomic E-state index is -4.43. The molecule has 1 aromatic carbocycles. The third-order valence-corrected chi connectivity index (χ3v) is 3.85. The SMILES string of the molecule is CC(O)C(=O)NC1CCCN(Cc2cccc(C(F)(F)F)c2)C1=O. The summed E-state index contributed by atoms with van der Waals surface area (Å²) in [6.07, 6.45) is -4.60. The van der Waals surface area contributed by atoms with Gasteiger partial charge in [0.05, 0.1) is 5.56 Å². The summed E-state index contributed by atoms with van der Waals surface area (Å²) in [6, 6.07) is 4.07. The molecule has 1 aromatic rings. The van der Waals surface area contributed by atoms with E-state index in [9.17, 15) is 27.9 Å². The van der Waals surface area contributed by atoms with Crippen LogP contribution >= 0.6 is 0 Å². The topological polar surface area (TPSA) is 69.6 Å². The minimum Gasteiger partial charge on any atom is -0.384 e. The molecule has 5 nitrogen and oxygen atoms in total. The van der Waals surface area contributed by atoms with E-state index >= 15 is 0 Å². The van der Waals surface area contributed by atoms with Gasteiger partial charge in [0.25, 0.3) is 0 Å². The summed E-state index contributed by atoms with van der Waals surface area (Å²) in [7, 11) is 0. The molecule has 0 aromatic heterocycles. The van der Waals surface area contributed by atoms with Gasteiger partial charge in [-0.1, -0.05) is 12.1 Å². The van der Waals surface area contributed by atoms with Crippen molar-refractivity contribution in [3.05, 3.63) is 35.4 Å². The van der Waals surface area contributed by atoms with Crippen LogP contribution in [0, 0.1) is 0 Å². The summed E-state index contributed by atoms with van der Waals surface area (Å²) in [5, 5.41) is 11.7. The zero-order valence-corrected chi connectivity index (χ0v) is 13.1. The van der Waals surface area contributed by atoms with E-state index in [1.165, 1.54) is 24.0 Å². The lowest BCUT2D eigenvalue weighted by Gasteiger charge is -2.33. The van der Waals surface area contributed by atoms with Crippen LogP contribution in [-0.2, 0) is 22.3 Å². The van der Waals surface area contributed by atoms with Crippen molar-refractivity contribution in [3.63, 3.8) is 0 Å². The van der Waals surface area contributed by atoms with Crippen LogP contribution in [0.25, 0.3) is 0 Å². The average Bonchev–Trinajstić information content (AvgIpc) is 2.50. The lowest BCUT2D eigenvalue weighted by atomic mass is 10.0. The highest BCUT2D eigenvalue weighted by atomic mass is 19.4. The zero-order chi connectivity index (χ0) is 17.9. The Kier molecular flexibility index (Phi) is 5.48. The number of aliphatic hydroxyl groups is 1. The quantitative estimate of drug-likeness (QED) is 0.873. The van der Waals surface area contributed by atoms with Crippen LogP contribution in [0.5, 0.6) is 0 Å². The van der Waals surface area contributed by atoms with Crippen LogP contribution in [0.15, 0.2) is 24.3 Å². The Hall–Kier alpha value is -2.09. The Balaban J connectivity index is 2.07. The normalized spacial score (nSPS) is 20.0. The van der Waals surface area contributed by atoms with Crippen molar-refractivity contribution in [2.45, 2.75) is 44.6 Å². The Bertz CT molecular complexity index is 617. The van der Waals surface area contributed by atoms with Crippen LogP contribution in [0.4, 0.5) is 13.2 Å². The van der Waals surface area contributed by atoms with E-state index in [2.05, 4.69) is 5.32 Å². The van der Waals surface area contributed by atoms with Gasteiger partial charge in [-0.2, -0.15) is 13.2 Å². The molecule has 1 fully saturated rings. The highest BCUT2D eigenvalue weighted by molar-refractivity contribution is 5.89. The third kappa shape index (κ3) is 4.47. The molecule has 0 bridgehead atoms. The first-order valence-corrected chi connectivity index (χ1v) is 7.62. The van der Waals surface area contributed by atoms with Gasteiger partial charge in [0.1, 0.15) is 12.1 Å². The van der Waals surface area contributed by atoms with Crippen molar-refractivity contribution in [3.8, 4) is 0 Å². The van der Waals surface area contributed by atoms with Crippen LogP contribution in [0.1, 0.15) is 30.9 Å². The van der Waals surface area contributed by atoms with E-state index < -0.39 is 29.8 Å². The van der Waals surface area contributed by atoms with E-state index in [-0.39, 0.29) is 12.5 Å². The standard InChI is InChI=1S/C16H19F3N2O3/c1-10(22)14(23)20-13-6-3-7-21(15(13)24)9-11-4-2-5-12(8-11)16(17,18)19/h2,4-5,8,10,13,22H,3,6-7,9H2,1H3,(H,20,23). The largest absolute Gasteiger partial charge is 0.416 e. The molecule has 0 aliphatic carbocycles. The Morgan fingerprint density at radius 3 is 2.79 bits per heavy atom. The maximum Gasteiger partial charge on any atom is 0.416 e. The highest BCUT2D eigenvalue weighted by Gasteiger charge is 2.32. The molecule has 8 heteroatoms. The molecule has 1 heterocycles. The lowest BCUT2D eigenvalue weighted by Crippen LogP contribution is -2.53. The van der Waals surface area contributed by atoms with Crippen molar-refractivity contribution < 1.29 is 27.9 Å². The zero-order valence-electron chi connectivity index (χ0n) is 13.1. The first kappa shape index (κ1) is 18.3. The molecule has 132 valence electrons. The Labute approximate surface area is 137 Å². The number of hydrogen-bond acceptors (Lipinski definition) is 3. The first-order chi connectivity index (χ1) is 11.2. The van der Waals surface area contributed by atoms with Gasteiger partial charge in [0.2, 0.25) is 11.8 Å². The van der Waals surface area contributed by atoms with Gasteiger partial charge in [-0.05, 0) is 37.5 Å².